The molecule has 4 rings (SSSR count). The lowest BCUT2D eigenvalue weighted by molar-refractivity contribution is -0.123. The van der Waals surface area contributed by atoms with Gasteiger partial charge in [-0.05, 0) is 88.0 Å². The summed E-state index contributed by atoms with van der Waals surface area (Å²) in [6, 6.07) is 13.4. The fourth-order valence-electron chi connectivity index (χ4n) is 3.34. The first-order valence-electron chi connectivity index (χ1n) is 10.2. The van der Waals surface area contributed by atoms with E-state index in [2.05, 4.69) is 22.6 Å². The second kappa shape index (κ2) is 11.0. The van der Waals surface area contributed by atoms with Crippen LogP contribution >= 0.6 is 46.0 Å². The molecule has 10 heteroatoms. The summed E-state index contributed by atoms with van der Waals surface area (Å²) in [5.41, 5.74) is 1.49. The zero-order valence-electron chi connectivity index (χ0n) is 18.2. The maximum absolute atomic E-state index is 14.1. The van der Waals surface area contributed by atoms with Gasteiger partial charge in [-0.2, -0.15) is 0 Å². The minimum atomic E-state index is -0.473. The van der Waals surface area contributed by atoms with Crippen LogP contribution in [0.4, 0.5) is 13.6 Å². The number of thioether (sulfide) groups is 1. The molecule has 0 saturated carbocycles. The van der Waals surface area contributed by atoms with Crippen molar-refractivity contribution in [2.45, 2.75) is 13.2 Å². The van der Waals surface area contributed by atoms with Crippen LogP contribution in [-0.4, -0.2) is 23.2 Å². The van der Waals surface area contributed by atoms with Crippen LogP contribution in [0.5, 0.6) is 11.5 Å². The van der Waals surface area contributed by atoms with Gasteiger partial charge in [-0.3, -0.25) is 14.5 Å². The molecule has 0 spiro atoms. The number of ether oxygens (including phenoxy) is 2. The van der Waals surface area contributed by atoms with E-state index in [1.807, 2.05) is 0 Å². The van der Waals surface area contributed by atoms with E-state index in [0.717, 1.165) is 16.7 Å². The molecule has 2 amide bonds. The van der Waals surface area contributed by atoms with Crippen molar-refractivity contribution in [1.29, 1.82) is 0 Å². The van der Waals surface area contributed by atoms with E-state index in [0.29, 0.717) is 26.2 Å². The van der Waals surface area contributed by atoms with Crippen molar-refractivity contribution in [1.82, 2.24) is 4.90 Å². The molecule has 0 unspecified atom stereocenters. The predicted octanol–water partition coefficient (Wildman–Crippen LogP) is 7.05. The summed E-state index contributed by atoms with van der Waals surface area (Å²) in [4.78, 5) is 26.7. The number of carbonyl (C=O) groups is 2. The normalized spacial score (nSPS) is 14.7. The van der Waals surface area contributed by atoms with Crippen molar-refractivity contribution >= 4 is 63.2 Å². The van der Waals surface area contributed by atoms with E-state index in [4.69, 9.17) is 21.1 Å². The summed E-state index contributed by atoms with van der Waals surface area (Å²) in [7, 11) is 1.47. The number of rotatable bonds is 7. The number of methoxy groups -OCH3 is 1. The zero-order valence-corrected chi connectivity index (χ0v) is 21.9. The number of halogens is 4. The lowest BCUT2D eigenvalue weighted by Crippen LogP contribution is -2.27. The van der Waals surface area contributed by atoms with Crippen molar-refractivity contribution in [2.75, 3.05) is 7.11 Å². The summed E-state index contributed by atoms with van der Waals surface area (Å²) in [5, 5.41) is -0.152. The Morgan fingerprint density at radius 2 is 1.86 bits per heavy atom. The van der Waals surface area contributed by atoms with E-state index >= 15 is 0 Å². The van der Waals surface area contributed by atoms with Crippen LogP contribution in [0.15, 0.2) is 59.5 Å². The number of hydrogen-bond acceptors (Lipinski definition) is 5. The van der Waals surface area contributed by atoms with Gasteiger partial charge in [0.1, 0.15) is 18.2 Å². The average molecular weight is 628 g/mol. The number of nitrogens with zero attached hydrogens (tertiary/aromatic N) is 1. The van der Waals surface area contributed by atoms with Gasteiger partial charge in [0, 0.05) is 5.56 Å². The van der Waals surface area contributed by atoms with Crippen LogP contribution in [0, 0.1) is 15.2 Å². The second-order valence-electron chi connectivity index (χ2n) is 7.42. The topological polar surface area (TPSA) is 55.8 Å². The molecule has 5 nitrogen and oxygen atoms in total. The highest BCUT2D eigenvalue weighted by Gasteiger charge is 2.35. The van der Waals surface area contributed by atoms with E-state index < -0.39 is 22.8 Å². The monoisotopic (exact) mass is 627 g/mol. The predicted molar refractivity (Wildman–Crippen MR) is 139 cm³/mol. The number of amides is 2. The zero-order chi connectivity index (χ0) is 25.1. The third-order valence-electron chi connectivity index (χ3n) is 5.10. The highest BCUT2D eigenvalue weighted by atomic mass is 127. The molecule has 3 aromatic rings. The Hall–Kier alpha value is -2.63. The van der Waals surface area contributed by atoms with Crippen LogP contribution in [0.25, 0.3) is 6.08 Å². The largest absolute Gasteiger partial charge is 0.493 e. The van der Waals surface area contributed by atoms with E-state index in [9.17, 15) is 18.4 Å². The second-order valence-corrected chi connectivity index (χ2v) is 9.98. The molecule has 1 aliphatic heterocycles. The first kappa shape index (κ1) is 25.5. The molecule has 3 aromatic carbocycles. The minimum absolute atomic E-state index is 0.0501. The molecule has 0 aliphatic carbocycles. The molecule has 0 aromatic heterocycles. The van der Waals surface area contributed by atoms with Crippen LogP contribution in [-0.2, 0) is 17.9 Å². The molecule has 1 saturated heterocycles. The number of carbonyl (C=O) groups excluding carboxylic acids is 2. The Morgan fingerprint density at radius 3 is 2.54 bits per heavy atom. The van der Waals surface area contributed by atoms with Gasteiger partial charge in [0.15, 0.2) is 11.5 Å². The van der Waals surface area contributed by atoms with E-state index in [-0.39, 0.29) is 28.6 Å². The van der Waals surface area contributed by atoms with Gasteiger partial charge in [-0.25, -0.2) is 8.78 Å². The Bertz CT molecular complexity index is 1310. The molecule has 1 heterocycles. The average Bonchev–Trinajstić information content (AvgIpc) is 3.08. The van der Waals surface area contributed by atoms with Gasteiger partial charge in [-0.1, -0.05) is 29.8 Å². The third kappa shape index (κ3) is 5.79. The van der Waals surface area contributed by atoms with Gasteiger partial charge >= 0.3 is 0 Å². The Kier molecular flexibility index (Phi) is 7.98. The van der Waals surface area contributed by atoms with Gasteiger partial charge < -0.3 is 9.47 Å². The first-order valence-corrected chi connectivity index (χ1v) is 12.5. The van der Waals surface area contributed by atoms with Crippen LogP contribution in [0.1, 0.15) is 16.7 Å². The summed E-state index contributed by atoms with van der Waals surface area (Å²) < 4.78 is 39.2. The van der Waals surface area contributed by atoms with Crippen molar-refractivity contribution in [3.63, 3.8) is 0 Å². The van der Waals surface area contributed by atoms with Crippen LogP contribution < -0.4 is 9.47 Å². The van der Waals surface area contributed by atoms with Crippen LogP contribution in [0.3, 0.4) is 0 Å². The lowest BCUT2D eigenvalue weighted by Gasteiger charge is -2.15. The number of hydrogen-bond donors (Lipinski definition) is 0. The molecule has 0 atom stereocenters. The molecule has 1 fully saturated rings. The number of benzene rings is 3. The van der Waals surface area contributed by atoms with Crippen molar-refractivity contribution in [2.24, 2.45) is 0 Å². The molecular formula is C25H17ClF2INO4S. The molecule has 0 N–H and O–H groups in total. The fraction of sp³-hybridized carbons (Fsp3) is 0.120. The maximum Gasteiger partial charge on any atom is 0.293 e. The first-order chi connectivity index (χ1) is 16.8. The fourth-order valence-corrected chi connectivity index (χ4v) is 5.17. The van der Waals surface area contributed by atoms with Gasteiger partial charge in [0.05, 0.1) is 27.2 Å². The highest BCUT2D eigenvalue weighted by molar-refractivity contribution is 14.1. The third-order valence-corrected chi connectivity index (χ3v) is 7.16. The molecular weight excluding hydrogens is 611 g/mol. The molecule has 180 valence electrons. The van der Waals surface area contributed by atoms with E-state index in [1.165, 1.54) is 43.5 Å². The van der Waals surface area contributed by atoms with Crippen LogP contribution in [0.2, 0.25) is 5.02 Å². The molecule has 0 bridgehead atoms. The quantitative estimate of drug-likeness (QED) is 0.208. The van der Waals surface area contributed by atoms with Gasteiger partial charge in [0.2, 0.25) is 0 Å². The molecule has 35 heavy (non-hydrogen) atoms. The Labute approximate surface area is 223 Å². The number of imide groups is 1. The summed E-state index contributed by atoms with van der Waals surface area (Å²) in [6.07, 6.45) is 1.59. The Balaban J connectivity index is 1.54. The van der Waals surface area contributed by atoms with Gasteiger partial charge in [0.25, 0.3) is 11.1 Å². The minimum Gasteiger partial charge on any atom is -0.493 e. The van der Waals surface area contributed by atoms with Crippen molar-refractivity contribution < 1.29 is 27.8 Å². The Morgan fingerprint density at radius 1 is 1.11 bits per heavy atom. The smallest absolute Gasteiger partial charge is 0.293 e. The van der Waals surface area contributed by atoms with Gasteiger partial charge in [-0.15, -0.1) is 0 Å². The molecule has 1 aliphatic rings. The maximum atomic E-state index is 14.1. The van der Waals surface area contributed by atoms with Crippen molar-refractivity contribution in [3.8, 4) is 11.5 Å². The summed E-state index contributed by atoms with van der Waals surface area (Å²) in [5.74, 6) is -0.529. The van der Waals surface area contributed by atoms with E-state index in [1.54, 1.807) is 24.3 Å². The summed E-state index contributed by atoms with van der Waals surface area (Å²) in [6.45, 7) is -0.0476. The van der Waals surface area contributed by atoms with Crippen molar-refractivity contribution in [3.05, 3.63) is 96.4 Å². The standard InChI is InChI=1S/C25H17ClF2INO4S/c1-33-21-10-15(9-20(29)23(21)34-13-17-18(26)3-2-4-19(17)28)11-22-24(31)30(25(32)35-22)12-14-5-7-16(27)8-6-14/h2-11H,12-13H2,1H3/b22-11-. The molecule has 0 radical (unpaired) electrons. The summed E-state index contributed by atoms with van der Waals surface area (Å²) >= 11 is 8.96. The highest BCUT2D eigenvalue weighted by Crippen LogP contribution is 2.38. The lowest BCUT2D eigenvalue weighted by atomic mass is 10.1. The SMILES string of the molecule is COc1cc(/C=C2\SC(=O)N(Cc3ccc(F)cc3)C2=O)cc(I)c1OCc1c(F)cccc1Cl.